The lowest BCUT2D eigenvalue weighted by Gasteiger charge is -2.10. The SMILES string of the molecule is CNCc1ccncc1OCCOCCOC. The zero-order valence-electron chi connectivity index (χ0n) is 10.4. The summed E-state index contributed by atoms with van der Waals surface area (Å²) in [5.74, 6) is 0.803. The van der Waals surface area contributed by atoms with Crippen LogP contribution in [-0.4, -0.2) is 45.6 Å². The lowest BCUT2D eigenvalue weighted by Crippen LogP contribution is -2.12. The van der Waals surface area contributed by atoms with E-state index in [9.17, 15) is 0 Å². The van der Waals surface area contributed by atoms with Gasteiger partial charge in [0.2, 0.25) is 0 Å². The van der Waals surface area contributed by atoms with Gasteiger partial charge < -0.3 is 19.5 Å². The van der Waals surface area contributed by atoms with Crippen LogP contribution < -0.4 is 10.1 Å². The van der Waals surface area contributed by atoms with Crippen LogP contribution in [0.4, 0.5) is 0 Å². The van der Waals surface area contributed by atoms with Crippen LogP contribution in [0, 0.1) is 0 Å². The van der Waals surface area contributed by atoms with Crippen LogP contribution in [0.1, 0.15) is 5.56 Å². The molecule has 1 aromatic heterocycles. The van der Waals surface area contributed by atoms with Gasteiger partial charge in [-0.05, 0) is 13.1 Å². The predicted octanol–water partition coefficient (Wildman–Crippen LogP) is 0.843. The van der Waals surface area contributed by atoms with Crippen molar-refractivity contribution in [1.29, 1.82) is 0 Å². The fourth-order valence-electron chi connectivity index (χ4n) is 1.33. The Balaban J connectivity index is 2.25. The highest BCUT2D eigenvalue weighted by atomic mass is 16.5. The van der Waals surface area contributed by atoms with E-state index in [1.807, 2.05) is 13.1 Å². The molecule has 0 aliphatic heterocycles. The molecule has 0 radical (unpaired) electrons. The van der Waals surface area contributed by atoms with Crippen molar-refractivity contribution in [1.82, 2.24) is 10.3 Å². The number of pyridine rings is 1. The minimum Gasteiger partial charge on any atom is -0.489 e. The first-order chi connectivity index (χ1) is 8.38. The Morgan fingerprint density at radius 3 is 2.82 bits per heavy atom. The Morgan fingerprint density at radius 1 is 1.24 bits per heavy atom. The van der Waals surface area contributed by atoms with E-state index < -0.39 is 0 Å². The lowest BCUT2D eigenvalue weighted by molar-refractivity contribution is 0.0542. The summed E-state index contributed by atoms with van der Waals surface area (Å²) in [7, 11) is 3.55. The molecule has 0 aliphatic rings. The predicted molar refractivity (Wildman–Crippen MR) is 65.2 cm³/mol. The van der Waals surface area contributed by atoms with Crippen LogP contribution in [0.2, 0.25) is 0 Å². The molecule has 17 heavy (non-hydrogen) atoms. The fourth-order valence-corrected chi connectivity index (χ4v) is 1.33. The summed E-state index contributed by atoms with van der Waals surface area (Å²) >= 11 is 0. The third-order valence-electron chi connectivity index (χ3n) is 2.15. The van der Waals surface area contributed by atoms with E-state index >= 15 is 0 Å². The number of hydrogen-bond acceptors (Lipinski definition) is 5. The quantitative estimate of drug-likeness (QED) is 0.648. The molecule has 5 nitrogen and oxygen atoms in total. The van der Waals surface area contributed by atoms with Crippen molar-refractivity contribution in [2.45, 2.75) is 6.54 Å². The highest BCUT2D eigenvalue weighted by Gasteiger charge is 2.02. The van der Waals surface area contributed by atoms with E-state index in [1.54, 1.807) is 19.5 Å². The minimum absolute atomic E-state index is 0.520. The molecule has 1 N–H and O–H groups in total. The largest absolute Gasteiger partial charge is 0.489 e. The summed E-state index contributed by atoms with van der Waals surface area (Å²) in [6, 6.07) is 1.94. The number of aromatic nitrogens is 1. The zero-order valence-corrected chi connectivity index (χ0v) is 10.4. The maximum Gasteiger partial charge on any atom is 0.142 e. The average molecular weight is 240 g/mol. The van der Waals surface area contributed by atoms with Crippen molar-refractivity contribution in [3.63, 3.8) is 0 Å². The molecule has 1 aromatic rings. The van der Waals surface area contributed by atoms with Crippen molar-refractivity contribution < 1.29 is 14.2 Å². The number of hydrogen-bond donors (Lipinski definition) is 1. The number of ether oxygens (including phenoxy) is 3. The van der Waals surface area contributed by atoms with Gasteiger partial charge in [-0.1, -0.05) is 0 Å². The van der Waals surface area contributed by atoms with E-state index in [2.05, 4.69) is 10.3 Å². The van der Waals surface area contributed by atoms with Gasteiger partial charge in [-0.2, -0.15) is 0 Å². The molecule has 0 aromatic carbocycles. The van der Waals surface area contributed by atoms with Gasteiger partial charge >= 0.3 is 0 Å². The van der Waals surface area contributed by atoms with Gasteiger partial charge in [0, 0.05) is 25.4 Å². The number of rotatable bonds is 9. The molecule has 0 saturated carbocycles. The minimum atomic E-state index is 0.520. The molecular formula is C12H20N2O3. The molecule has 0 fully saturated rings. The molecule has 0 spiro atoms. The second-order valence-corrected chi connectivity index (χ2v) is 3.47. The highest BCUT2D eigenvalue weighted by molar-refractivity contribution is 5.29. The van der Waals surface area contributed by atoms with Gasteiger partial charge in [0.1, 0.15) is 12.4 Å². The Kier molecular flexibility index (Phi) is 7.29. The molecule has 0 aliphatic carbocycles. The van der Waals surface area contributed by atoms with Gasteiger partial charge in [-0.15, -0.1) is 0 Å². The van der Waals surface area contributed by atoms with Gasteiger partial charge in [-0.3, -0.25) is 4.98 Å². The van der Waals surface area contributed by atoms with Crippen LogP contribution in [0.25, 0.3) is 0 Å². The average Bonchev–Trinajstić information content (AvgIpc) is 2.36. The molecule has 0 amide bonds. The summed E-state index contributed by atoms with van der Waals surface area (Å²) in [6.45, 7) is 3.04. The standard InChI is InChI=1S/C12H20N2O3/c1-13-9-11-3-4-14-10-12(11)17-8-7-16-6-5-15-2/h3-4,10,13H,5-9H2,1-2H3. The molecule has 0 saturated heterocycles. The Labute approximate surface area is 102 Å². The third kappa shape index (κ3) is 5.63. The van der Waals surface area contributed by atoms with E-state index in [4.69, 9.17) is 14.2 Å². The summed E-state index contributed by atoms with van der Waals surface area (Å²) in [6.07, 6.45) is 3.48. The summed E-state index contributed by atoms with van der Waals surface area (Å²) < 4.78 is 15.8. The van der Waals surface area contributed by atoms with Gasteiger partial charge in [0.25, 0.3) is 0 Å². The first-order valence-electron chi connectivity index (χ1n) is 5.65. The Hall–Kier alpha value is -1.17. The Bertz CT molecular complexity index is 308. The second-order valence-electron chi connectivity index (χ2n) is 3.47. The number of methoxy groups -OCH3 is 1. The van der Waals surface area contributed by atoms with Crippen LogP contribution >= 0.6 is 0 Å². The van der Waals surface area contributed by atoms with E-state index in [0.29, 0.717) is 26.4 Å². The highest BCUT2D eigenvalue weighted by Crippen LogP contribution is 2.15. The molecule has 96 valence electrons. The van der Waals surface area contributed by atoms with E-state index in [1.165, 1.54) is 0 Å². The summed E-state index contributed by atoms with van der Waals surface area (Å²) in [4.78, 5) is 4.04. The first-order valence-corrected chi connectivity index (χ1v) is 5.65. The lowest BCUT2D eigenvalue weighted by atomic mass is 10.2. The van der Waals surface area contributed by atoms with Crippen LogP contribution in [0.15, 0.2) is 18.5 Å². The monoisotopic (exact) mass is 240 g/mol. The number of nitrogens with zero attached hydrogens (tertiary/aromatic N) is 1. The molecule has 0 bridgehead atoms. The van der Waals surface area contributed by atoms with Crippen molar-refractivity contribution in [2.24, 2.45) is 0 Å². The Morgan fingerprint density at radius 2 is 2.06 bits per heavy atom. The smallest absolute Gasteiger partial charge is 0.142 e. The van der Waals surface area contributed by atoms with Crippen molar-refractivity contribution in [3.8, 4) is 5.75 Å². The zero-order chi connectivity index (χ0) is 12.3. The molecular weight excluding hydrogens is 220 g/mol. The summed E-state index contributed by atoms with van der Waals surface area (Å²) in [5, 5.41) is 3.09. The first kappa shape index (κ1) is 13.9. The van der Waals surface area contributed by atoms with Gasteiger partial charge in [0.05, 0.1) is 26.0 Å². The van der Waals surface area contributed by atoms with Crippen LogP contribution in [0.5, 0.6) is 5.75 Å². The normalized spacial score (nSPS) is 10.5. The van der Waals surface area contributed by atoms with Crippen molar-refractivity contribution in [3.05, 3.63) is 24.0 Å². The second kappa shape index (κ2) is 8.92. The van der Waals surface area contributed by atoms with Crippen LogP contribution in [-0.2, 0) is 16.0 Å². The van der Waals surface area contributed by atoms with Crippen LogP contribution in [0.3, 0.4) is 0 Å². The molecule has 1 rings (SSSR count). The summed E-state index contributed by atoms with van der Waals surface area (Å²) in [5.41, 5.74) is 1.10. The molecule has 0 unspecified atom stereocenters. The fraction of sp³-hybridized carbons (Fsp3) is 0.583. The topological polar surface area (TPSA) is 52.6 Å². The van der Waals surface area contributed by atoms with E-state index in [0.717, 1.165) is 17.9 Å². The van der Waals surface area contributed by atoms with Gasteiger partial charge in [0.15, 0.2) is 0 Å². The van der Waals surface area contributed by atoms with E-state index in [-0.39, 0.29) is 0 Å². The molecule has 5 heteroatoms. The maximum absolute atomic E-state index is 5.60. The molecule has 0 atom stereocenters. The maximum atomic E-state index is 5.60. The third-order valence-corrected chi connectivity index (χ3v) is 2.15. The van der Waals surface area contributed by atoms with Crippen molar-refractivity contribution in [2.75, 3.05) is 40.6 Å². The number of nitrogens with one attached hydrogen (secondary N) is 1. The van der Waals surface area contributed by atoms with Crippen molar-refractivity contribution >= 4 is 0 Å². The molecule has 1 heterocycles. The van der Waals surface area contributed by atoms with Gasteiger partial charge in [-0.25, -0.2) is 0 Å².